The molecule has 0 unspecified atom stereocenters. The first-order valence-electron chi connectivity index (χ1n) is 9.14. The molecule has 1 saturated heterocycles. The van der Waals surface area contributed by atoms with E-state index in [9.17, 15) is 22.4 Å². The number of alkyl halides is 3. The van der Waals surface area contributed by atoms with Gasteiger partial charge in [-0.05, 0) is 42.5 Å². The van der Waals surface area contributed by atoms with Crippen molar-refractivity contribution in [1.29, 1.82) is 0 Å². The number of β-amino-alcohol motifs (C(OH)–C–C–N with tert-alkyl or cyclic N) is 1. The van der Waals surface area contributed by atoms with Crippen molar-refractivity contribution in [2.75, 3.05) is 49.5 Å². The third-order valence-corrected chi connectivity index (χ3v) is 4.81. The summed E-state index contributed by atoms with van der Waals surface area (Å²) in [6.45, 7) is 2.96. The molecule has 1 aliphatic rings. The topological polar surface area (TPSA) is 55.8 Å². The van der Waals surface area contributed by atoms with Crippen molar-refractivity contribution in [3.05, 3.63) is 59.4 Å². The molecule has 0 radical (unpaired) electrons. The summed E-state index contributed by atoms with van der Waals surface area (Å²) < 4.78 is 52.6. The zero-order valence-electron chi connectivity index (χ0n) is 15.5. The van der Waals surface area contributed by atoms with Gasteiger partial charge in [-0.1, -0.05) is 0 Å². The van der Waals surface area contributed by atoms with E-state index >= 15 is 0 Å². The maximum Gasteiger partial charge on any atom is 0.416 e. The number of nitrogens with zero attached hydrogens (tertiary/aromatic N) is 2. The van der Waals surface area contributed by atoms with Crippen LogP contribution in [0.2, 0.25) is 0 Å². The zero-order valence-corrected chi connectivity index (χ0v) is 15.5. The Hall–Kier alpha value is -2.65. The largest absolute Gasteiger partial charge is 0.416 e. The Bertz CT molecular complexity index is 848. The summed E-state index contributed by atoms with van der Waals surface area (Å²) in [6.07, 6.45) is -4.55. The first-order chi connectivity index (χ1) is 13.8. The Morgan fingerprint density at radius 2 is 1.69 bits per heavy atom. The van der Waals surface area contributed by atoms with Gasteiger partial charge in [0.1, 0.15) is 5.82 Å². The second-order valence-electron chi connectivity index (χ2n) is 6.74. The van der Waals surface area contributed by atoms with Crippen molar-refractivity contribution in [3.8, 4) is 0 Å². The second kappa shape index (κ2) is 8.79. The fourth-order valence-electron chi connectivity index (χ4n) is 3.24. The lowest BCUT2D eigenvalue weighted by Crippen LogP contribution is -2.47. The molecule has 0 spiro atoms. The average molecular weight is 411 g/mol. The van der Waals surface area contributed by atoms with Crippen molar-refractivity contribution in [2.45, 2.75) is 6.18 Å². The number of rotatable bonds is 5. The molecule has 5 nitrogen and oxygen atoms in total. The minimum absolute atomic E-state index is 0.0409. The van der Waals surface area contributed by atoms with Crippen LogP contribution in [0.4, 0.5) is 28.9 Å². The van der Waals surface area contributed by atoms with Crippen LogP contribution in [0.1, 0.15) is 15.9 Å². The molecule has 0 aromatic heterocycles. The molecule has 156 valence electrons. The van der Waals surface area contributed by atoms with E-state index in [2.05, 4.69) is 10.2 Å². The van der Waals surface area contributed by atoms with Gasteiger partial charge in [-0.25, -0.2) is 4.39 Å². The number of carbonyl (C=O) groups is 1. The Morgan fingerprint density at radius 1 is 1.03 bits per heavy atom. The van der Waals surface area contributed by atoms with Gasteiger partial charge in [-0.15, -0.1) is 0 Å². The molecule has 0 bridgehead atoms. The number of anilines is 2. The lowest BCUT2D eigenvalue weighted by atomic mass is 10.1. The van der Waals surface area contributed by atoms with Crippen LogP contribution in [0.3, 0.4) is 0 Å². The van der Waals surface area contributed by atoms with Crippen molar-refractivity contribution >= 4 is 17.3 Å². The van der Waals surface area contributed by atoms with Gasteiger partial charge in [0.2, 0.25) is 0 Å². The number of carbonyl (C=O) groups excluding carboxylic acids is 1. The second-order valence-corrected chi connectivity index (χ2v) is 6.74. The molecule has 0 saturated carbocycles. The van der Waals surface area contributed by atoms with Gasteiger partial charge >= 0.3 is 6.18 Å². The summed E-state index contributed by atoms with van der Waals surface area (Å²) in [5.41, 5.74) is -0.195. The quantitative estimate of drug-likeness (QED) is 0.742. The molecule has 1 amide bonds. The summed E-state index contributed by atoms with van der Waals surface area (Å²) >= 11 is 0. The molecule has 0 atom stereocenters. The number of aliphatic hydroxyl groups is 1. The zero-order chi connectivity index (χ0) is 21.0. The van der Waals surface area contributed by atoms with Gasteiger partial charge in [0.05, 0.1) is 23.5 Å². The van der Waals surface area contributed by atoms with Crippen LogP contribution in [0, 0.1) is 5.82 Å². The third-order valence-electron chi connectivity index (χ3n) is 4.81. The smallest absolute Gasteiger partial charge is 0.395 e. The van der Waals surface area contributed by atoms with Gasteiger partial charge in [-0.3, -0.25) is 9.69 Å². The molecule has 9 heteroatoms. The minimum Gasteiger partial charge on any atom is -0.395 e. The number of piperazine rings is 1. The summed E-state index contributed by atoms with van der Waals surface area (Å²) in [7, 11) is 0. The molecular weight excluding hydrogens is 390 g/mol. The van der Waals surface area contributed by atoms with Crippen LogP contribution in [0.15, 0.2) is 42.5 Å². The maximum atomic E-state index is 13.2. The molecule has 3 rings (SSSR count). The van der Waals surface area contributed by atoms with E-state index in [1.165, 1.54) is 18.2 Å². The number of hydrogen-bond acceptors (Lipinski definition) is 4. The Labute approximate surface area is 165 Å². The first-order valence-corrected chi connectivity index (χ1v) is 9.14. The molecule has 2 N–H and O–H groups in total. The number of nitrogens with one attached hydrogen (secondary N) is 1. The van der Waals surface area contributed by atoms with Crippen LogP contribution < -0.4 is 10.2 Å². The molecule has 1 fully saturated rings. The van der Waals surface area contributed by atoms with Crippen LogP contribution >= 0.6 is 0 Å². The maximum absolute atomic E-state index is 13.2. The van der Waals surface area contributed by atoms with Crippen LogP contribution in [0.25, 0.3) is 0 Å². The average Bonchev–Trinajstić information content (AvgIpc) is 2.69. The van der Waals surface area contributed by atoms with Gasteiger partial charge in [-0.2, -0.15) is 13.2 Å². The number of hydrogen-bond donors (Lipinski definition) is 2. The molecule has 29 heavy (non-hydrogen) atoms. The highest BCUT2D eigenvalue weighted by molar-refractivity contribution is 6.06. The molecule has 1 aliphatic heterocycles. The van der Waals surface area contributed by atoms with Crippen LogP contribution in [-0.2, 0) is 6.18 Å². The van der Waals surface area contributed by atoms with Gasteiger partial charge in [0.25, 0.3) is 5.91 Å². The summed E-state index contributed by atoms with van der Waals surface area (Å²) in [4.78, 5) is 16.4. The standard InChI is InChI=1S/C20H21F4N3O2/c21-16-4-1-14(2-5-16)19(29)25-17-13-15(20(22,23)24)3-6-18(17)27-9-7-26(8-10-27)11-12-28/h1-6,13,28H,7-12H2,(H,25,29). The van der Waals surface area contributed by atoms with Crippen LogP contribution in [0.5, 0.6) is 0 Å². The SMILES string of the molecule is O=C(Nc1cc(C(F)(F)F)ccc1N1CCN(CCO)CC1)c1ccc(F)cc1. The van der Waals surface area contributed by atoms with E-state index < -0.39 is 23.5 Å². The number of amides is 1. The molecule has 1 heterocycles. The van der Waals surface area contributed by atoms with E-state index in [1.807, 2.05) is 4.90 Å². The fourth-order valence-corrected chi connectivity index (χ4v) is 3.24. The number of benzene rings is 2. The lowest BCUT2D eigenvalue weighted by molar-refractivity contribution is -0.137. The molecular formula is C20H21F4N3O2. The monoisotopic (exact) mass is 411 g/mol. The minimum atomic E-state index is -4.55. The molecule has 2 aromatic carbocycles. The predicted molar refractivity (Wildman–Crippen MR) is 102 cm³/mol. The Kier molecular flexibility index (Phi) is 6.39. The molecule has 2 aromatic rings. The van der Waals surface area contributed by atoms with Gasteiger partial charge in [0, 0.05) is 38.3 Å². The predicted octanol–water partition coefficient (Wildman–Crippen LogP) is 3.21. The van der Waals surface area contributed by atoms with Crippen molar-refractivity contribution in [2.24, 2.45) is 0 Å². The summed E-state index contributed by atoms with van der Waals surface area (Å²) in [6, 6.07) is 8.02. The fraction of sp³-hybridized carbons (Fsp3) is 0.350. The van der Waals surface area contributed by atoms with Gasteiger partial charge in [0.15, 0.2) is 0 Å². The Balaban J connectivity index is 1.86. The molecule has 0 aliphatic carbocycles. The Morgan fingerprint density at radius 3 is 2.28 bits per heavy atom. The van der Waals surface area contributed by atoms with E-state index in [-0.39, 0.29) is 17.9 Å². The summed E-state index contributed by atoms with van der Waals surface area (Å²) in [5, 5.41) is 11.6. The van der Waals surface area contributed by atoms with Gasteiger partial charge < -0.3 is 15.3 Å². The highest BCUT2D eigenvalue weighted by Crippen LogP contribution is 2.36. The van der Waals surface area contributed by atoms with Crippen molar-refractivity contribution < 1.29 is 27.5 Å². The van der Waals surface area contributed by atoms with Crippen LogP contribution in [-0.4, -0.2) is 55.2 Å². The highest BCUT2D eigenvalue weighted by Gasteiger charge is 2.32. The lowest BCUT2D eigenvalue weighted by Gasteiger charge is -2.36. The van der Waals surface area contributed by atoms with E-state index in [4.69, 9.17) is 5.11 Å². The van der Waals surface area contributed by atoms with E-state index in [0.717, 1.165) is 24.3 Å². The summed E-state index contributed by atoms with van der Waals surface area (Å²) in [5.74, 6) is -1.13. The first kappa shape index (κ1) is 21.1. The normalized spacial score (nSPS) is 15.4. The number of aliphatic hydroxyl groups excluding tert-OH is 1. The van der Waals surface area contributed by atoms with E-state index in [1.54, 1.807) is 0 Å². The van der Waals surface area contributed by atoms with Crippen molar-refractivity contribution in [1.82, 2.24) is 4.90 Å². The van der Waals surface area contributed by atoms with E-state index in [0.29, 0.717) is 38.4 Å². The highest BCUT2D eigenvalue weighted by atomic mass is 19.4. The third kappa shape index (κ3) is 5.24. The van der Waals surface area contributed by atoms with Crippen molar-refractivity contribution in [3.63, 3.8) is 0 Å². The number of halogens is 4.